The van der Waals surface area contributed by atoms with Crippen molar-refractivity contribution in [2.45, 2.75) is 25.5 Å². The van der Waals surface area contributed by atoms with Crippen molar-refractivity contribution in [1.82, 2.24) is 0 Å². The highest BCUT2D eigenvalue weighted by Crippen LogP contribution is 2.32. The first-order valence-corrected chi connectivity index (χ1v) is 4.79. The van der Waals surface area contributed by atoms with E-state index < -0.39 is 0 Å². The van der Waals surface area contributed by atoms with E-state index in [1.807, 2.05) is 25.1 Å². The quantitative estimate of drug-likeness (QED) is 0.723. The van der Waals surface area contributed by atoms with E-state index in [0.29, 0.717) is 5.56 Å². The zero-order valence-electron chi connectivity index (χ0n) is 8.07. The number of esters is 1. The minimum Gasteiger partial charge on any atom is -0.452 e. The van der Waals surface area contributed by atoms with Crippen LogP contribution in [0.3, 0.4) is 0 Å². The molecular weight excluding hydrogens is 178 g/mol. The first-order chi connectivity index (χ1) is 6.74. The lowest BCUT2D eigenvalue weighted by Crippen LogP contribution is -2.27. The van der Waals surface area contributed by atoms with Crippen molar-refractivity contribution in [3.05, 3.63) is 35.4 Å². The van der Waals surface area contributed by atoms with Crippen LogP contribution in [0.2, 0.25) is 0 Å². The fraction of sp³-hybridized carbons (Fsp3) is 0.364. The number of carbonyl (C=O) groups is 1. The molecule has 0 spiro atoms. The van der Waals surface area contributed by atoms with Gasteiger partial charge in [0.05, 0.1) is 5.56 Å². The van der Waals surface area contributed by atoms with E-state index in [2.05, 4.69) is 0 Å². The smallest absolute Gasteiger partial charge is 0.339 e. The summed E-state index contributed by atoms with van der Waals surface area (Å²) in [6, 6.07) is 7.30. The normalized spacial score (nSPS) is 21.6. The van der Waals surface area contributed by atoms with Gasteiger partial charge in [0.25, 0.3) is 0 Å². The molecule has 1 aromatic carbocycles. The highest BCUT2D eigenvalue weighted by molar-refractivity contribution is 5.94. The van der Waals surface area contributed by atoms with Crippen LogP contribution in [0.25, 0.3) is 0 Å². The van der Waals surface area contributed by atoms with Gasteiger partial charge in [-0.3, -0.25) is 0 Å². The van der Waals surface area contributed by atoms with Gasteiger partial charge in [-0.15, -0.1) is 0 Å². The summed E-state index contributed by atoms with van der Waals surface area (Å²) in [7, 11) is 0. The Morgan fingerprint density at radius 3 is 2.93 bits per heavy atom. The number of hydrogen-bond acceptors (Lipinski definition) is 3. The summed E-state index contributed by atoms with van der Waals surface area (Å²) in [6.45, 7) is 1.99. The molecule has 0 aromatic heterocycles. The molecule has 74 valence electrons. The molecule has 0 bridgehead atoms. The predicted octanol–water partition coefficient (Wildman–Crippen LogP) is 1.64. The molecule has 1 aromatic rings. The molecule has 1 aliphatic heterocycles. The zero-order chi connectivity index (χ0) is 10.1. The number of nitrogens with two attached hydrogens (primary N) is 1. The van der Waals surface area contributed by atoms with E-state index >= 15 is 0 Å². The van der Waals surface area contributed by atoms with Crippen molar-refractivity contribution < 1.29 is 9.53 Å². The third kappa shape index (κ3) is 1.30. The number of fused-ring (bicyclic) bond motifs is 1. The Morgan fingerprint density at radius 1 is 1.50 bits per heavy atom. The topological polar surface area (TPSA) is 52.3 Å². The molecule has 2 atom stereocenters. The Hall–Kier alpha value is -1.35. The molecule has 2 rings (SSSR count). The van der Waals surface area contributed by atoms with Gasteiger partial charge in [0.15, 0.2) is 0 Å². The highest BCUT2D eigenvalue weighted by Gasteiger charge is 2.33. The largest absolute Gasteiger partial charge is 0.452 e. The van der Waals surface area contributed by atoms with Gasteiger partial charge in [0.2, 0.25) is 0 Å². The summed E-state index contributed by atoms with van der Waals surface area (Å²) in [6.07, 6.45) is 0.537. The molecule has 2 N–H and O–H groups in total. The van der Waals surface area contributed by atoms with Crippen molar-refractivity contribution in [1.29, 1.82) is 0 Å². The number of hydrogen-bond donors (Lipinski definition) is 1. The summed E-state index contributed by atoms with van der Waals surface area (Å²) >= 11 is 0. The second kappa shape index (κ2) is 3.42. The number of ether oxygens (including phenoxy) is 1. The number of cyclic esters (lactones) is 1. The Balaban J connectivity index is 2.39. The fourth-order valence-corrected chi connectivity index (χ4v) is 1.71. The van der Waals surface area contributed by atoms with Crippen molar-refractivity contribution in [2.24, 2.45) is 5.73 Å². The minimum atomic E-state index is -0.260. The van der Waals surface area contributed by atoms with Gasteiger partial charge >= 0.3 is 5.97 Å². The van der Waals surface area contributed by atoms with Crippen LogP contribution in [-0.4, -0.2) is 12.0 Å². The van der Waals surface area contributed by atoms with Crippen LogP contribution in [-0.2, 0) is 4.74 Å². The first kappa shape index (κ1) is 9.21. The van der Waals surface area contributed by atoms with E-state index in [-0.39, 0.29) is 18.1 Å². The number of carbonyl (C=O) groups excluding carboxylic acids is 1. The molecular formula is C11H13NO2. The molecule has 0 aliphatic carbocycles. The van der Waals surface area contributed by atoms with Gasteiger partial charge in [-0.2, -0.15) is 0 Å². The van der Waals surface area contributed by atoms with Crippen LogP contribution < -0.4 is 5.73 Å². The number of rotatable bonds is 2. The molecule has 2 unspecified atom stereocenters. The lowest BCUT2D eigenvalue weighted by Gasteiger charge is -2.16. The van der Waals surface area contributed by atoms with Crippen molar-refractivity contribution >= 4 is 5.97 Å². The SMILES string of the molecule is CCC(N)C1OC(=O)c2ccccc21. The Labute approximate surface area is 82.9 Å². The fourth-order valence-electron chi connectivity index (χ4n) is 1.71. The summed E-state index contributed by atoms with van der Waals surface area (Å²) in [5.74, 6) is -0.255. The molecule has 0 radical (unpaired) electrons. The lowest BCUT2D eigenvalue weighted by molar-refractivity contribution is 0.0326. The second-order valence-corrected chi connectivity index (χ2v) is 3.49. The van der Waals surface area contributed by atoms with Gasteiger partial charge in [0, 0.05) is 11.6 Å². The van der Waals surface area contributed by atoms with Gasteiger partial charge in [-0.25, -0.2) is 4.79 Å². The summed E-state index contributed by atoms with van der Waals surface area (Å²) in [5.41, 5.74) is 7.46. The van der Waals surface area contributed by atoms with Crippen LogP contribution in [0.4, 0.5) is 0 Å². The van der Waals surface area contributed by atoms with Crippen LogP contribution >= 0.6 is 0 Å². The molecule has 0 fully saturated rings. The summed E-state index contributed by atoms with van der Waals surface area (Å²) < 4.78 is 5.22. The molecule has 3 heteroatoms. The number of benzene rings is 1. The van der Waals surface area contributed by atoms with Gasteiger partial charge < -0.3 is 10.5 Å². The van der Waals surface area contributed by atoms with E-state index in [9.17, 15) is 4.79 Å². The van der Waals surface area contributed by atoms with Crippen molar-refractivity contribution in [2.75, 3.05) is 0 Å². The van der Waals surface area contributed by atoms with E-state index in [4.69, 9.17) is 10.5 Å². The average Bonchev–Trinajstić information content (AvgIpc) is 2.56. The van der Waals surface area contributed by atoms with Crippen molar-refractivity contribution in [3.8, 4) is 0 Å². The van der Waals surface area contributed by atoms with Gasteiger partial charge in [-0.05, 0) is 12.5 Å². The van der Waals surface area contributed by atoms with Crippen LogP contribution in [0, 0.1) is 0 Å². The molecule has 1 aliphatic rings. The van der Waals surface area contributed by atoms with E-state index in [1.165, 1.54) is 0 Å². The maximum absolute atomic E-state index is 11.4. The molecule has 1 heterocycles. The molecule has 0 saturated heterocycles. The Kier molecular flexibility index (Phi) is 2.25. The molecule has 0 saturated carbocycles. The standard InChI is InChI=1S/C11H13NO2/c1-2-9(12)10-7-5-3-4-6-8(7)11(13)14-10/h3-6,9-10H,2,12H2,1H3. The average molecular weight is 191 g/mol. The molecule has 0 amide bonds. The zero-order valence-corrected chi connectivity index (χ0v) is 8.07. The third-order valence-electron chi connectivity index (χ3n) is 2.58. The van der Waals surface area contributed by atoms with Crippen molar-refractivity contribution in [3.63, 3.8) is 0 Å². The summed E-state index contributed by atoms with van der Waals surface area (Å²) in [5, 5.41) is 0. The second-order valence-electron chi connectivity index (χ2n) is 3.49. The minimum absolute atomic E-state index is 0.109. The van der Waals surface area contributed by atoms with E-state index in [0.717, 1.165) is 12.0 Å². The predicted molar refractivity (Wildman–Crippen MR) is 52.9 cm³/mol. The summed E-state index contributed by atoms with van der Waals surface area (Å²) in [4.78, 5) is 11.4. The van der Waals surface area contributed by atoms with E-state index in [1.54, 1.807) is 6.07 Å². The molecule has 14 heavy (non-hydrogen) atoms. The maximum atomic E-state index is 11.4. The lowest BCUT2D eigenvalue weighted by atomic mass is 9.99. The third-order valence-corrected chi connectivity index (χ3v) is 2.58. The van der Waals surface area contributed by atoms with Crippen LogP contribution in [0.1, 0.15) is 35.4 Å². The monoisotopic (exact) mass is 191 g/mol. The Morgan fingerprint density at radius 2 is 2.21 bits per heavy atom. The van der Waals surface area contributed by atoms with Crippen LogP contribution in [0.15, 0.2) is 24.3 Å². The van der Waals surface area contributed by atoms with Crippen LogP contribution in [0.5, 0.6) is 0 Å². The van der Waals surface area contributed by atoms with Gasteiger partial charge in [0.1, 0.15) is 6.10 Å². The highest BCUT2D eigenvalue weighted by atomic mass is 16.5. The maximum Gasteiger partial charge on any atom is 0.339 e. The first-order valence-electron chi connectivity index (χ1n) is 4.79. The molecule has 3 nitrogen and oxygen atoms in total. The Bertz CT molecular complexity index is 362. The van der Waals surface area contributed by atoms with Gasteiger partial charge in [-0.1, -0.05) is 25.1 Å².